The molecule has 3 heterocycles. The molecule has 3 rings (SSSR count). The maximum absolute atomic E-state index is 13.9. The van der Waals surface area contributed by atoms with Gasteiger partial charge in [0.05, 0.1) is 22.4 Å². The third-order valence-corrected chi connectivity index (χ3v) is 4.90. The van der Waals surface area contributed by atoms with Crippen molar-refractivity contribution in [2.24, 2.45) is 0 Å². The molecule has 0 spiro atoms. The maximum Gasteiger partial charge on any atom is 0.496 e. The molecule has 8 heteroatoms. The minimum absolute atomic E-state index is 0.166. The van der Waals surface area contributed by atoms with Gasteiger partial charge in [0.2, 0.25) is 0 Å². The first-order valence-corrected chi connectivity index (χ1v) is 8.27. The molecule has 132 valence electrons. The normalized spacial score (nSPS) is 18.4. The van der Waals surface area contributed by atoms with Gasteiger partial charge in [-0.1, -0.05) is 11.6 Å². The molecule has 1 aliphatic heterocycles. The SMILES string of the molecule is Cc1c(Oc2ncc(Cl)cc2F)cncc1B1OC(C)(C)C(C)(C)O1. The molecule has 25 heavy (non-hydrogen) atoms. The Bertz CT molecular complexity index is 800. The number of nitrogens with zero attached hydrogens (tertiary/aromatic N) is 2. The van der Waals surface area contributed by atoms with E-state index in [0.29, 0.717) is 5.75 Å². The fourth-order valence-electron chi connectivity index (χ4n) is 2.41. The molecule has 0 aliphatic carbocycles. The lowest BCUT2D eigenvalue weighted by Crippen LogP contribution is -2.41. The Morgan fingerprint density at radius 3 is 2.36 bits per heavy atom. The summed E-state index contributed by atoms with van der Waals surface area (Å²) >= 11 is 5.71. The summed E-state index contributed by atoms with van der Waals surface area (Å²) in [6, 6.07) is 1.14. The quantitative estimate of drug-likeness (QED) is 0.778. The summed E-state index contributed by atoms with van der Waals surface area (Å²) in [6.07, 6.45) is 4.48. The molecule has 0 aromatic carbocycles. The molecule has 2 aromatic heterocycles. The number of pyridine rings is 2. The second kappa shape index (κ2) is 6.23. The van der Waals surface area contributed by atoms with E-state index >= 15 is 0 Å². The minimum atomic E-state index is -0.645. The van der Waals surface area contributed by atoms with E-state index in [2.05, 4.69) is 9.97 Å². The molecular formula is C17H19BClFN2O3. The smallest absolute Gasteiger partial charge is 0.435 e. The molecule has 0 N–H and O–H groups in total. The van der Waals surface area contributed by atoms with Gasteiger partial charge in [-0.05, 0) is 46.2 Å². The first-order valence-electron chi connectivity index (χ1n) is 7.90. The van der Waals surface area contributed by atoms with Crippen LogP contribution in [0.4, 0.5) is 4.39 Å². The lowest BCUT2D eigenvalue weighted by atomic mass is 9.77. The summed E-state index contributed by atoms with van der Waals surface area (Å²) in [4.78, 5) is 8.04. The van der Waals surface area contributed by atoms with Crippen LogP contribution in [0.2, 0.25) is 5.02 Å². The van der Waals surface area contributed by atoms with Crippen molar-refractivity contribution in [1.29, 1.82) is 0 Å². The summed E-state index contributed by atoms with van der Waals surface area (Å²) in [5.74, 6) is -0.436. The zero-order valence-corrected chi connectivity index (χ0v) is 15.5. The zero-order chi connectivity index (χ0) is 18.4. The molecule has 5 nitrogen and oxygen atoms in total. The Kier molecular flexibility index (Phi) is 4.51. The molecule has 1 fully saturated rings. The monoisotopic (exact) mass is 364 g/mol. The average molecular weight is 365 g/mol. The first-order chi connectivity index (χ1) is 11.6. The van der Waals surface area contributed by atoms with E-state index in [-0.39, 0.29) is 10.9 Å². The Morgan fingerprint density at radius 2 is 1.76 bits per heavy atom. The highest BCUT2D eigenvalue weighted by Crippen LogP contribution is 2.37. The molecule has 1 aliphatic rings. The van der Waals surface area contributed by atoms with Crippen molar-refractivity contribution >= 4 is 24.2 Å². The third kappa shape index (κ3) is 3.36. The number of rotatable bonds is 3. The molecule has 0 saturated carbocycles. The Labute approximate surface area is 151 Å². The predicted octanol–water partition coefficient (Wildman–Crippen LogP) is 3.67. The number of hydrogen-bond donors (Lipinski definition) is 0. The van der Waals surface area contributed by atoms with Crippen LogP contribution in [0, 0.1) is 12.7 Å². The maximum atomic E-state index is 13.9. The highest BCUT2D eigenvalue weighted by molar-refractivity contribution is 6.62. The van der Waals surface area contributed by atoms with Crippen LogP contribution in [-0.2, 0) is 9.31 Å². The first kappa shape index (κ1) is 18.1. The Hall–Kier alpha value is -1.70. The fourth-order valence-corrected chi connectivity index (χ4v) is 2.56. The van der Waals surface area contributed by atoms with Crippen LogP contribution in [0.15, 0.2) is 24.7 Å². The van der Waals surface area contributed by atoms with Gasteiger partial charge in [0.1, 0.15) is 5.75 Å². The molecule has 0 bridgehead atoms. The van der Waals surface area contributed by atoms with Crippen LogP contribution in [0.3, 0.4) is 0 Å². The van der Waals surface area contributed by atoms with Crippen LogP contribution in [0.25, 0.3) is 0 Å². The minimum Gasteiger partial charge on any atom is -0.435 e. The van der Waals surface area contributed by atoms with E-state index in [4.69, 9.17) is 25.6 Å². The van der Waals surface area contributed by atoms with Gasteiger partial charge >= 0.3 is 7.12 Å². The van der Waals surface area contributed by atoms with Gasteiger partial charge in [0.25, 0.3) is 5.88 Å². The molecule has 1 saturated heterocycles. The van der Waals surface area contributed by atoms with Gasteiger partial charge in [0.15, 0.2) is 5.82 Å². The molecule has 0 unspecified atom stereocenters. The molecular weight excluding hydrogens is 345 g/mol. The van der Waals surface area contributed by atoms with Crippen molar-refractivity contribution < 1.29 is 18.4 Å². The van der Waals surface area contributed by atoms with Gasteiger partial charge < -0.3 is 14.0 Å². The van der Waals surface area contributed by atoms with Crippen LogP contribution >= 0.6 is 11.6 Å². The van der Waals surface area contributed by atoms with Crippen LogP contribution < -0.4 is 10.2 Å². The predicted molar refractivity (Wildman–Crippen MR) is 94.0 cm³/mol. The van der Waals surface area contributed by atoms with E-state index in [1.165, 1.54) is 12.4 Å². The number of aromatic nitrogens is 2. The molecule has 0 radical (unpaired) electrons. The highest BCUT2D eigenvalue weighted by atomic mass is 35.5. The van der Waals surface area contributed by atoms with Crippen molar-refractivity contribution in [2.75, 3.05) is 0 Å². The second-order valence-electron chi connectivity index (χ2n) is 6.98. The summed E-state index contributed by atoms with van der Waals surface area (Å²) in [7, 11) is -0.580. The summed E-state index contributed by atoms with van der Waals surface area (Å²) in [6.45, 7) is 9.74. The molecule has 0 amide bonds. The Balaban J connectivity index is 1.91. The summed E-state index contributed by atoms with van der Waals surface area (Å²) in [5, 5.41) is 0.200. The third-order valence-electron chi connectivity index (χ3n) is 4.70. The number of hydrogen-bond acceptors (Lipinski definition) is 5. The van der Waals surface area contributed by atoms with Gasteiger partial charge in [0, 0.05) is 17.9 Å². The van der Waals surface area contributed by atoms with E-state index in [0.717, 1.165) is 17.1 Å². The molecule has 0 atom stereocenters. The van der Waals surface area contributed by atoms with E-state index < -0.39 is 24.1 Å². The summed E-state index contributed by atoms with van der Waals surface area (Å²) < 4.78 is 31.6. The lowest BCUT2D eigenvalue weighted by molar-refractivity contribution is 0.00578. The number of halogens is 2. The Morgan fingerprint density at radius 1 is 1.12 bits per heavy atom. The fraction of sp³-hybridized carbons (Fsp3) is 0.412. The standard InChI is InChI=1S/C17H19BClFN2O3/c1-10-12(18-24-16(2,3)17(4,5)25-18)8-21-9-14(10)23-15-13(20)6-11(19)7-22-15/h6-9H,1-5H3. The van der Waals surface area contributed by atoms with Gasteiger partial charge in [-0.15, -0.1) is 0 Å². The average Bonchev–Trinajstić information content (AvgIpc) is 2.72. The van der Waals surface area contributed by atoms with Gasteiger partial charge in [-0.2, -0.15) is 0 Å². The van der Waals surface area contributed by atoms with Gasteiger partial charge in [-0.3, -0.25) is 4.98 Å². The second-order valence-corrected chi connectivity index (χ2v) is 7.42. The summed E-state index contributed by atoms with van der Waals surface area (Å²) in [5.41, 5.74) is 0.533. The van der Waals surface area contributed by atoms with Crippen LogP contribution in [0.1, 0.15) is 33.3 Å². The van der Waals surface area contributed by atoms with Crippen molar-refractivity contribution in [1.82, 2.24) is 9.97 Å². The van der Waals surface area contributed by atoms with Crippen LogP contribution in [-0.4, -0.2) is 28.3 Å². The van der Waals surface area contributed by atoms with Crippen LogP contribution in [0.5, 0.6) is 11.6 Å². The van der Waals surface area contributed by atoms with Crippen molar-refractivity contribution in [2.45, 2.75) is 45.8 Å². The largest absolute Gasteiger partial charge is 0.496 e. The topological polar surface area (TPSA) is 53.5 Å². The van der Waals surface area contributed by atoms with E-state index in [1.54, 1.807) is 6.20 Å². The highest BCUT2D eigenvalue weighted by Gasteiger charge is 2.52. The molecule has 2 aromatic rings. The zero-order valence-electron chi connectivity index (χ0n) is 14.8. The van der Waals surface area contributed by atoms with Crippen molar-refractivity contribution in [3.63, 3.8) is 0 Å². The van der Waals surface area contributed by atoms with E-state index in [1.807, 2.05) is 34.6 Å². The lowest BCUT2D eigenvalue weighted by Gasteiger charge is -2.32. The van der Waals surface area contributed by atoms with Crippen molar-refractivity contribution in [3.05, 3.63) is 41.1 Å². The van der Waals surface area contributed by atoms with Crippen molar-refractivity contribution in [3.8, 4) is 11.6 Å². The number of ether oxygens (including phenoxy) is 1. The van der Waals surface area contributed by atoms with E-state index in [9.17, 15) is 4.39 Å². The van der Waals surface area contributed by atoms with Gasteiger partial charge in [-0.25, -0.2) is 9.37 Å².